The second-order valence-electron chi connectivity index (χ2n) is 4.52. The van der Waals surface area contributed by atoms with E-state index in [0.29, 0.717) is 16.1 Å². The Hall–Kier alpha value is -2.18. The Morgan fingerprint density at radius 1 is 1.32 bits per heavy atom. The molecule has 1 aromatic heterocycles. The van der Waals surface area contributed by atoms with Crippen LogP contribution in [0.2, 0.25) is 5.02 Å². The molecule has 1 heterocycles. The van der Waals surface area contributed by atoms with Gasteiger partial charge in [0.25, 0.3) is 15.9 Å². The molecule has 0 fully saturated rings. The highest BCUT2D eigenvalue weighted by Crippen LogP contribution is 2.15. The van der Waals surface area contributed by atoms with Gasteiger partial charge in [0.1, 0.15) is 0 Å². The fraction of sp³-hybridized carbons (Fsp3) is 0.0667. The van der Waals surface area contributed by atoms with Crippen molar-refractivity contribution in [2.75, 3.05) is 0 Å². The number of sulfonamides is 1. The van der Waals surface area contributed by atoms with Crippen LogP contribution in [0.3, 0.4) is 0 Å². The second-order valence-corrected chi connectivity index (χ2v) is 6.53. The quantitative estimate of drug-likeness (QED) is 0.931. The number of hydrogen-bond donors (Lipinski definition) is 1. The van der Waals surface area contributed by atoms with Crippen molar-refractivity contribution < 1.29 is 13.2 Å². The van der Waals surface area contributed by atoms with Crippen LogP contribution in [0, 0.1) is 6.92 Å². The summed E-state index contributed by atoms with van der Waals surface area (Å²) in [5.74, 6) is -0.704. The van der Waals surface area contributed by atoms with E-state index in [1.165, 1.54) is 24.4 Å². The van der Waals surface area contributed by atoms with Crippen molar-refractivity contribution in [1.82, 2.24) is 9.71 Å². The Morgan fingerprint density at radius 3 is 2.73 bits per heavy atom. The van der Waals surface area contributed by atoms with Crippen molar-refractivity contribution in [2.24, 2.45) is 0 Å². The van der Waals surface area contributed by atoms with Crippen molar-refractivity contribution in [3.05, 3.63) is 69.8 Å². The first-order valence-electron chi connectivity index (χ1n) is 6.29. The first kappa shape index (κ1) is 16.2. The van der Waals surface area contributed by atoms with Crippen molar-refractivity contribution >= 4 is 33.6 Å². The number of nitrogens with one attached hydrogen (secondary N) is 1. The first-order chi connectivity index (χ1) is 10.4. The molecule has 0 spiro atoms. The van der Waals surface area contributed by atoms with Crippen LogP contribution in [0.5, 0.6) is 0 Å². The molecule has 2 rings (SSSR count). The van der Waals surface area contributed by atoms with E-state index in [0.717, 1.165) is 5.41 Å². The average Bonchev–Trinajstić information content (AvgIpc) is 2.45. The van der Waals surface area contributed by atoms with E-state index in [4.69, 9.17) is 11.6 Å². The lowest BCUT2D eigenvalue weighted by Gasteiger charge is -2.06. The van der Waals surface area contributed by atoms with Gasteiger partial charge in [-0.25, -0.2) is 13.1 Å². The molecule has 2 aromatic rings. The number of aromatic nitrogens is 1. The molecule has 0 radical (unpaired) electrons. The van der Waals surface area contributed by atoms with Crippen molar-refractivity contribution in [1.29, 1.82) is 0 Å². The molecule has 7 heteroatoms. The Kier molecular flexibility index (Phi) is 4.95. The van der Waals surface area contributed by atoms with Crippen LogP contribution in [0.25, 0.3) is 6.08 Å². The summed E-state index contributed by atoms with van der Waals surface area (Å²) in [5.41, 5.74) is 1.46. The third-order valence-electron chi connectivity index (χ3n) is 2.79. The Morgan fingerprint density at radius 2 is 2.09 bits per heavy atom. The molecule has 0 saturated heterocycles. The summed E-state index contributed by atoms with van der Waals surface area (Å²) in [4.78, 5) is 15.9. The maximum absolute atomic E-state index is 12.0. The van der Waals surface area contributed by atoms with E-state index in [1.807, 2.05) is 4.72 Å². The summed E-state index contributed by atoms with van der Waals surface area (Å²) in [7, 11) is -3.89. The maximum atomic E-state index is 12.0. The first-order valence-corrected chi connectivity index (χ1v) is 8.21. The number of halogens is 1. The largest absolute Gasteiger partial charge is 0.268 e. The number of aryl methyl sites for hydroxylation is 1. The molecule has 1 aromatic carbocycles. The number of pyridine rings is 1. The predicted octanol–water partition coefficient (Wildman–Crippen LogP) is 2.77. The number of carbonyl (C=O) groups excluding carboxylic acids is 1. The second kappa shape index (κ2) is 6.72. The van der Waals surface area contributed by atoms with Gasteiger partial charge in [-0.15, -0.1) is 0 Å². The normalized spacial score (nSPS) is 11.5. The molecule has 0 aliphatic carbocycles. The van der Waals surface area contributed by atoms with Gasteiger partial charge in [-0.05, 0) is 48.4 Å². The van der Waals surface area contributed by atoms with Gasteiger partial charge >= 0.3 is 0 Å². The number of carbonyl (C=O) groups is 1. The number of nitrogens with zero attached hydrogens (tertiary/aromatic N) is 1. The summed E-state index contributed by atoms with van der Waals surface area (Å²) in [6, 6.07) is 7.98. The maximum Gasteiger partial charge on any atom is 0.265 e. The van der Waals surface area contributed by atoms with Gasteiger partial charge in [-0.1, -0.05) is 17.7 Å². The van der Waals surface area contributed by atoms with E-state index >= 15 is 0 Å². The van der Waals surface area contributed by atoms with Crippen LogP contribution in [0.4, 0.5) is 0 Å². The zero-order valence-corrected chi connectivity index (χ0v) is 13.2. The zero-order valence-electron chi connectivity index (χ0n) is 11.7. The van der Waals surface area contributed by atoms with Crippen LogP contribution >= 0.6 is 11.6 Å². The Balaban J connectivity index is 2.14. The van der Waals surface area contributed by atoms with E-state index in [-0.39, 0.29) is 5.56 Å². The highest BCUT2D eigenvalue weighted by Gasteiger charge is 2.15. The molecule has 0 bridgehead atoms. The van der Waals surface area contributed by atoms with Gasteiger partial charge in [0, 0.05) is 23.0 Å². The van der Waals surface area contributed by atoms with Crippen LogP contribution in [0.1, 0.15) is 21.5 Å². The molecule has 0 unspecified atom stereocenters. The third kappa shape index (κ3) is 4.41. The highest BCUT2D eigenvalue weighted by atomic mass is 35.5. The molecular formula is C15H13ClN2O3S. The smallest absolute Gasteiger partial charge is 0.265 e. The van der Waals surface area contributed by atoms with Crippen molar-refractivity contribution in [2.45, 2.75) is 6.92 Å². The van der Waals surface area contributed by atoms with Crippen LogP contribution < -0.4 is 4.72 Å². The van der Waals surface area contributed by atoms with Gasteiger partial charge in [-0.3, -0.25) is 9.78 Å². The van der Waals surface area contributed by atoms with E-state index in [1.54, 1.807) is 31.3 Å². The summed E-state index contributed by atoms with van der Waals surface area (Å²) in [5, 5.41) is 1.40. The number of benzene rings is 1. The van der Waals surface area contributed by atoms with Crippen molar-refractivity contribution in [3.8, 4) is 0 Å². The SMILES string of the molecule is Cc1cc(Cl)ccc1C(=O)NS(=O)(=O)C=Cc1cccnc1. The number of amides is 1. The lowest BCUT2D eigenvalue weighted by molar-refractivity contribution is 0.0981. The van der Waals surface area contributed by atoms with Crippen LogP contribution in [-0.2, 0) is 10.0 Å². The summed E-state index contributed by atoms with van der Waals surface area (Å²) in [6.45, 7) is 1.68. The molecule has 1 amide bonds. The van der Waals surface area contributed by atoms with Crippen LogP contribution in [-0.4, -0.2) is 19.3 Å². The minimum atomic E-state index is -3.89. The molecule has 22 heavy (non-hydrogen) atoms. The molecule has 0 aliphatic rings. The molecular weight excluding hydrogens is 324 g/mol. The molecule has 0 saturated carbocycles. The summed E-state index contributed by atoms with van der Waals surface area (Å²) in [6.07, 6.45) is 4.45. The number of hydrogen-bond acceptors (Lipinski definition) is 4. The molecule has 1 N–H and O–H groups in total. The minimum Gasteiger partial charge on any atom is -0.268 e. The van der Waals surface area contributed by atoms with E-state index in [2.05, 4.69) is 4.98 Å². The fourth-order valence-electron chi connectivity index (χ4n) is 1.74. The molecule has 0 aliphatic heterocycles. The Bertz CT molecular complexity index is 818. The Labute approximate surface area is 133 Å². The molecule has 0 atom stereocenters. The fourth-order valence-corrected chi connectivity index (χ4v) is 2.74. The minimum absolute atomic E-state index is 0.253. The highest BCUT2D eigenvalue weighted by molar-refractivity contribution is 7.93. The lowest BCUT2D eigenvalue weighted by Crippen LogP contribution is -2.29. The average molecular weight is 337 g/mol. The monoisotopic (exact) mass is 336 g/mol. The predicted molar refractivity (Wildman–Crippen MR) is 85.8 cm³/mol. The standard InChI is InChI=1S/C15H13ClN2O3S/c1-11-9-13(16)4-5-14(11)15(19)18-22(20,21)8-6-12-3-2-7-17-10-12/h2-10H,1H3,(H,18,19). The van der Waals surface area contributed by atoms with Gasteiger partial charge in [0.2, 0.25) is 0 Å². The zero-order chi connectivity index (χ0) is 16.2. The number of rotatable bonds is 4. The van der Waals surface area contributed by atoms with Gasteiger partial charge in [0.15, 0.2) is 0 Å². The molecule has 114 valence electrons. The van der Waals surface area contributed by atoms with Gasteiger partial charge < -0.3 is 0 Å². The lowest BCUT2D eigenvalue weighted by atomic mass is 10.1. The molecule has 5 nitrogen and oxygen atoms in total. The van der Waals surface area contributed by atoms with Crippen LogP contribution in [0.15, 0.2) is 48.1 Å². The van der Waals surface area contributed by atoms with Crippen molar-refractivity contribution in [3.63, 3.8) is 0 Å². The summed E-state index contributed by atoms with van der Waals surface area (Å²) >= 11 is 5.81. The third-order valence-corrected chi connectivity index (χ3v) is 3.99. The summed E-state index contributed by atoms with van der Waals surface area (Å²) < 4.78 is 25.8. The van der Waals surface area contributed by atoms with E-state index in [9.17, 15) is 13.2 Å². The van der Waals surface area contributed by atoms with E-state index < -0.39 is 15.9 Å². The van der Waals surface area contributed by atoms with Gasteiger partial charge in [-0.2, -0.15) is 0 Å². The van der Waals surface area contributed by atoms with Gasteiger partial charge in [0.05, 0.1) is 5.41 Å². The topological polar surface area (TPSA) is 76.1 Å².